The smallest absolute Gasteiger partial charge is 0.167 e. The highest BCUT2D eigenvalue weighted by atomic mass is 16.3. The van der Waals surface area contributed by atoms with Crippen LogP contribution in [-0.4, -0.2) is 19.5 Å². The van der Waals surface area contributed by atoms with Gasteiger partial charge in [0.2, 0.25) is 0 Å². The van der Waals surface area contributed by atoms with Crippen LogP contribution in [0.5, 0.6) is 0 Å². The van der Waals surface area contributed by atoms with Crippen LogP contribution in [0.25, 0.3) is 106 Å². The number of hydrogen-bond acceptors (Lipinski definition) is 4. The van der Waals surface area contributed by atoms with Crippen LogP contribution < -0.4 is 0 Å². The first-order chi connectivity index (χ1) is 27.7. The third-order valence-electron chi connectivity index (χ3n) is 10.7. The van der Waals surface area contributed by atoms with Crippen LogP contribution in [0.15, 0.2) is 199 Å². The summed E-state index contributed by atoms with van der Waals surface area (Å²) < 4.78 is 8.81. The summed E-state index contributed by atoms with van der Waals surface area (Å²) in [7, 11) is 0. The van der Waals surface area contributed by atoms with Gasteiger partial charge in [-0.25, -0.2) is 15.0 Å². The molecule has 0 aliphatic carbocycles. The van der Waals surface area contributed by atoms with Crippen LogP contribution in [0, 0.1) is 0 Å². The third-order valence-corrected chi connectivity index (χ3v) is 10.7. The van der Waals surface area contributed by atoms with E-state index in [0.29, 0.717) is 17.5 Å². The molecule has 262 valence electrons. The fraction of sp³-hybridized carbons (Fsp3) is 0. The lowest BCUT2D eigenvalue weighted by Crippen LogP contribution is -2.00. The maximum absolute atomic E-state index is 6.43. The van der Waals surface area contributed by atoms with E-state index in [-0.39, 0.29) is 0 Å². The number of hydrogen-bond donors (Lipinski definition) is 0. The summed E-state index contributed by atoms with van der Waals surface area (Å²) >= 11 is 0. The van der Waals surface area contributed by atoms with Crippen molar-refractivity contribution in [3.8, 4) is 62.1 Å². The fourth-order valence-corrected chi connectivity index (χ4v) is 7.99. The lowest BCUT2D eigenvalue weighted by molar-refractivity contribution is 0.669. The first-order valence-electron chi connectivity index (χ1n) is 18.8. The Hall–Kier alpha value is -7.63. The molecule has 3 aromatic heterocycles. The van der Waals surface area contributed by atoms with Crippen LogP contribution in [0.1, 0.15) is 0 Å². The number of rotatable bonds is 6. The Labute approximate surface area is 322 Å². The second kappa shape index (κ2) is 13.0. The van der Waals surface area contributed by atoms with Crippen molar-refractivity contribution in [3.05, 3.63) is 194 Å². The van der Waals surface area contributed by atoms with Crippen molar-refractivity contribution in [2.24, 2.45) is 0 Å². The summed E-state index contributed by atoms with van der Waals surface area (Å²) in [5, 5.41) is 4.55. The normalized spacial score (nSPS) is 11.6. The van der Waals surface area contributed by atoms with Gasteiger partial charge in [0.15, 0.2) is 17.5 Å². The maximum Gasteiger partial charge on any atom is 0.167 e. The number of aromatic nitrogens is 4. The molecule has 0 N–H and O–H groups in total. The van der Waals surface area contributed by atoms with Gasteiger partial charge in [0, 0.05) is 38.4 Å². The molecule has 0 aliphatic rings. The van der Waals surface area contributed by atoms with Gasteiger partial charge in [-0.15, -0.1) is 0 Å². The molecule has 5 nitrogen and oxygen atoms in total. The molecule has 0 amide bonds. The van der Waals surface area contributed by atoms with E-state index < -0.39 is 0 Å². The standard InChI is InChI=1S/C51H32N4O/c1-3-14-33(15-4-1)37-28-29-41-40-22-7-9-26-45(40)55(46(41)32-37)39-21-12-19-36(31-39)35-18-11-20-38(30-35)50-52-49(34-16-5-2-6-17-34)53-51(54-50)44-25-13-24-43-42-23-8-10-27-47(42)56-48(43)44/h1-32H. The minimum absolute atomic E-state index is 0.562. The second-order valence-corrected chi connectivity index (χ2v) is 14.0. The largest absolute Gasteiger partial charge is 0.455 e. The summed E-state index contributed by atoms with van der Waals surface area (Å²) in [5.74, 6) is 1.76. The fourth-order valence-electron chi connectivity index (χ4n) is 7.99. The van der Waals surface area contributed by atoms with Gasteiger partial charge in [0.25, 0.3) is 0 Å². The van der Waals surface area contributed by atoms with Gasteiger partial charge in [0.1, 0.15) is 11.2 Å². The van der Waals surface area contributed by atoms with Crippen molar-refractivity contribution < 1.29 is 4.42 Å². The van der Waals surface area contributed by atoms with Crippen molar-refractivity contribution in [1.29, 1.82) is 0 Å². The molecule has 0 saturated heterocycles. The molecule has 0 aliphatic heterocycles. The van der Waals surface area contributed by atoms with E-state index in [4.69, 9.17) is 19.4 Å². The average Bonchev–Trinajstić information content (AvgIpc) is 3.83. The zero-order valence-corrected chi connectivity index (χ0v) is 30.2. The lowest BCUT2D eigenvalue weighted by atomic mass is 10.0. The van der Waals surface area contributed by atoms with E-state index in [2.05, 4.69) is 138 Å². The third kappa shape index (κ3) is 5.37. The molecule has 11 aromatic rings. The summed E-state index contributed by atoms with van der Waals surface area (Å²) in [5.41, 5.74) is 12.2. The summed E-state index contributed by atoms with van der Waals surface area (Å²) in [6.45, 7) is 0. The Morgan fingerprint density at radius 3 is 1.75 bits per heavy atom. The molecule has 8 aromatic carbocycles. The quantitative estimate of drug-likeness (QED) is 0.172. The van der Waals surface area contributed by atoms with Crippen LogP contribution in [-0.2, 0) is 0 Å². The van der Waals surface area contributed by atoms with E-state index in [9.17, 15) is 0 Å². The highest BCUT2D eigenvalue weighted by molar-refractivity contribution is 6.11. The van der Waals surface area contributed by atoms with Crippen molar-refractivity contribution >= 4 is 43.7 Å². The predicted octanol–water partition coefficient (Wildman–Crippen LogP) is 13.2. The second-order valence-electron chi connectivity index (χ2n) is 14.0. The minimum Gasteiger partial charge on any atom is -0.455 e. The van der Waals surface area contributed by atoms with Gasteiger partial charge in [-0.05, 0) is 64.7 Å². The number of benzene rings is 8. The first-order valence-corrected chi connectivity index (χ1v) is 18.8. The molecular formula is C51H32N4O. The molecule has 0 spiro atoms. The van der Waals surface area contributed by atoms with Crippen LogP contribution in [0.2, 0.25) is 0 Å². The molecule has 56 heavy (non-hydrogen) atoms. The van der Waals surface area contributed by atoms with Gasteiger partial charge in [-0.1, -0.05) is 152 Å². The zero-order valence-electron chi connectivity index (χ0n) is 30.2. The van der Waals surface area contributed by atoms with E-state index in [0.717, 1.165) is 55.4 Å². The zero-order chi connectivity index (χ0) is 37.0. The molecule has 0 bridgehead atoms. The number of furan rings is 1. The van der Waals surface area contributed by atoms with Gasteiger partial charge in [-0.3, -0.25) is 0 Å². The summed E-state index contributed by atoms with van der Waals surface area (Å²) in [6.07, 6.45) is 0. The van der Waals surface area contributed by atoms with E-state index in [1.54, 1.807) is 0 Å². The SMILES string of the molecule is c1ccc(-c2ccc3c4ccccc4n(-c4cccc(-c5cccc(-c6nc(-c7ccccc7)nc(-c7cccc8c7oc7ccccc78)n6)c5)c4)c3c2)cc1. The van der Waals surface area contributed by atoms with E-state index in [1.807, 2.05) is 60.7 Å². The van der Waals surface area contributed by atoms with Crippen molar-refractivity contribution in [3.63, 3.8) is 0 Å². The lowest BCUT2D eigenvalue weighted by Gasteiger charge is -2.12. The molecule has 0 fully saturated rings. The van der Waals surface area contributed by atoms with Crippen LogP contribution in [0.3, 0.4) is 0 Å². The predicted molar refractivity (Wildman–Crippen MR) is 229 cm³/mol. The van der Waals surface area contributed by atoms with Gasteiger partial charge < -0.3 is 8.98 Å². The molecule has 5 heteroatoms. The average molecular weight is 717 g/mol. The maximum atomic E-state index is 6.43. The molecule has 11 rings (SSSR count). The van der Waals surface area contributed by atoms with E-state index in [1.165, 1.54) is 32.9 Å². The van der Waals surface area contributed by atoms with E-state index >= 15 is 0 Å². The Morgan fingerprint density at radius 1 is 0.339 bits per heavy atom. The van der Waals surface area contributed by atoms with Crippen molar-refractivity contribution in [2.45, 2.75) is 0 Å². The first kappa shape index (κ1) is 31.9. The van der Waals surface area contributed by atoms with Crippen LogP contribution in [0.4, 0.5) is 0 Å². The Morgan fingerprint density at radius 2 is 0.911 bits per heavy atom. The van der Waals surface area contributed by atoms with Crippen molar-refractivity contribution in [2.75, 3.05) is 0 Å². The van der Waals surface area contributed by atoms with Gasteiger partial charge in [0.05, 0.1) is 16.6 Å². The highest BCUT2D eigenvalue weighted by Gasteiger charge is 2.19. The number of fused-ring (bicyclic) bond motifs is 6. The molecule has 0 unspecified atom stereocenters. The highest BCUT2D eigenvalue weighted by Crippen LogP contribution is 2.38. The molecule has 0 radical (unpaired) electrons. The van der Waals surface area contributed by atoms with Gasteiger partial charge >= 0.3 is 0 Å². The summed E-state index contributed by atoms with van der Waals surface area (Å²) in [6, 6.07) is 67.6. The van der Waals surface area contributed by atoms with Gasteiger partial charge in [-0.2, -0.15) is 0 Å². The Bertz CT molecular complexity index is 3250. The molecular weight excluding hydrogens is 685 g/mol. The summed E-state index contributed by atoms with van der Waals surface area (Å²) in [4.78, 5) is 15.2. The molecule has 3 heterocycles. The van der Waals surface area contributed by atoms with Crippen molar-refractivity contribution in [1.82, 2.24) is 19.5 Å². The molecule has 0 atom stereocenters. The Balaban J connectivity index is 1.05. The minimum atomic E-state index is 0.562. The monoisotopic (exact) mass is 716 g/mol. The number of para-hydroxylation sites is 3. The topological polar surface area (TPSA) is 56.7 Å². The van der Waals surface area contributed by atoms with Crippen LogP contribution >= 0.6 is 0 Å². The Kier molecular flexibility index (Phi) is 7.42. The number of nitrogens with zero attached hydrogens (tertiary/aromatic N) is 4. The molecule has 0 saturated carbocycles.